The maximum Gasteiger partial charge on any atom is 0.296 e. The van der Waals surface area contributed by atoms with Gasteiger partial charge in [0.15, 0.2) is 0 Å². The lowest BCUT2D eigenvalue weighted by atomic mass is 9.95. The molecule has 0 spiro atoms. The summed E-state index contributed by atoms with van der Waals surface area (Å²) in [6, 6.07) is 14.4. The molecule has 1 fully saturated rings. The summed E-state index contributed by atoms with van der Waals surface area (Å²) in [5, 5.41) is 22.2. The summed E-state index contributed by atoms with van der Waals surface area (Å²) >= 11 is 0. The third-order valence-electron chi connectivity index (χ3n) is 5.28. The fourth-order valence-corrected chi connectivity index (χ4v) is 3.79. The molecule has 2 heterocycles. The van der Waals surface area contributed by atoms with E-state index in [9.17, 15) is 24.8 Å². The van der Waals surface area contributed by atoms with Crippen LogP contribution in [0.5, 0.6) is 5.75 Å². The van der Waals surface area contributed by atoms with E-state index in [0.717, 1.165) is 0 Å². The average molecular weight is 448 g/mol. The van der Waals surface area contributed by atoms with Gasteiger partial charge in [-0.05, 0) is 48.9 Å². The number of ketones is 1. The molecule has 9 nitrogen and oxygen atoms in total. The second-order valence-electron chi connectivity index (χ2n) is 7.32. The summed E-state index contributed by atoms with van der Waals surface area (Å²) in [6.07, 6.45) is 1.45. The van der Waals surface area contributed by atoms with Gasteiger partial charge in [0.05, 0.1) is 36.0 Å². The van der Waals surface area contributed by atoms with Crippen molar-refractivity contribution in [1.82, 2.24) is 4.90 Å². The number of carbonyl (C=O) groups is 2. The molecule has 9 heteroatoms. The highest BCUT2D eigenvalue weighted by Crippen LogP contribution is 2.41. The maximum absolute atomic E-state index is 13.0. The van der Waals surface area contributed by atoms with E-state index in [0.29, 0.717) is 29.2 Å². The van der Waals surface area contributed by atoms with E-state index in [1.165, 1.54) is 35.4 Å². The molecule has 0 saturated carbocycles. The summed E-state index contributed by atoms with van der Waals surface area (Å²) in [5.74, 6) is -1.08. The standard InChI is InChI=1S/C24H20N2O7/c1-2-32-18-6-3-5-16(13-18)22(27)20-21(15-8-10-17(11-9-15)26(30)31)25(24(29)23(20)28)14-19-7-4-12-33-19/h3-13,21,27H,2,14H2,1H3. The van der Waals surface area contributed by atoms with Crippen molar-refractivity contribution in [2.24, 2.45) is 0 Å². The molecule has 1 saturated heterocycles. The lowest BCUT2D eigenvalue weighted by Gasteiger charge is -2.24. The van der Waals surface area contributed by atoms with E-state index < -0.39 is 22.7 Å². The molecule has 1 aromatic heterocycles. The summed E-state index contributed by atoms with van der Waals surface area (Å²) in [4.78, 5) is 37.8. The molecular formula is C24H20N2O7. The molecule has 0 bridgehead atoms. The molecule has 1 aliphatic rings. The molecule has 4 rings (SSSR count). The Morgan fingerprint density at radius 2 is 1.91 bits per heavy atom. The first-order valence-corrected chi connectivity index (χ1v) is 10.2. The minimum Gasteiger partial charge on any atom is -0.507 e. The summed E-state index contributed by atoms with van der Waals surface area (Å²) < 4.78 is 10.8. The number of hydrogen-bond acceptors (Lipinski definition) is 7. The third-order valence-corrected chi connectivity index (χ3v) is 5.28. The highest BCUT2D eigenvalue weighted by atomic mass is 16.6. The van der Waals surface area contributed by atoms with Crippen LogP contribution in [0.3, 0.4) is 0 Å². The van der Waals surface area contributed by atoms with Crippen molar-refractivity contribution in [3.8, 4) is 5.75 Å². The average Bonchev–Trinajstić information content (AvgIpc) is 3.41. The molecule has 0 radical (unpaired) electrons. The van der Waals surface area contributed by atoms with Gasteiger partial charge in [-0.15, -0.1) is 0 Å². The Labute approximate surface area is 188 Å². The minimum absolute atomic E-state index is 0.0189. The van der Waals surface area contributed by atoms with Crippen molar-refractivity contribution in [2.75, 3.05) is 6.61 Å². The third kappa shape index (κ3) is 4.20. The van der Waals surface area contributed by atoms with Gasteiger partial charge in [0.25, 0.3) is 17.4 Å². The van der Waals surface area contributed by atoms with Crippen LogP contribution in [0.1, 0.15) is 29.9 Å². The van der Waals surface area contributed by atoms with Crippen LogP contribution in [0.2, 0.25) is 0 Å². The van der Waals surface area contributed by atoms with Crippen molar-refractivity contribution in [3.05, 3.63) is 99.5 Å². The van der Waals surface area contributed by atoms with Crippen LogP contribution in [0.15, 0.2) is 76.9 Å². The maximum atomic E-state index is 13.0. The van der Waals surface area contributed by atoms with E-state index in [1.807, 2.05) is 6.92 Å². The zero-order valence-corrected chi connectivity index (χ0v) is 17.6. The number of amides is 1. The zero-order valence-electron chi connectivity index (χ0n) is 17.6. The van der Waals surface area contributed by atoms with Crippen molar-refractivity contribution < 1.29 is 28.8 Å². The molecule has 1 N–H and O–H groups in total. The number of Topliss-reactive ketones (excluding diaryl/α,β-unsaturated/α-hetero) is 1. The van der Waals surface area contributed by atoms with Gasteiger partial charge in [-0.2, -0.15) is 0 Å². The number of nitro groups is 1. The molecule has 3 aromatic rings. The number of hydrogen-bond donors (Lipinski definition) is 1. The van der Waals surface area contributed by atoms with E-state index in [2.05, 4.69) is 0 Å². The second-order valence-corrected chi connectivity index (χ2v) is 7.32. The zero-order chi connectivity index (χ0) is 23.5. The van der Waals surface area contributed by atoms with Crippen LogP contribution in [0.25, 0.3) is 5.76 Å². The minimum atomic E-state index is -0.966. The van der Waals surface area contributed by atoms with Crippen molar-refractivity contribution in [3.63, 3.8) is 0 Å². The fourth-order valence-electron chi connectivity index (χ4n) is 3.79. The van der Waals surface area contributed by atoms with Gasteiger partial charge in [-0.3, -0.25) is 19.7 Å². The smallest absolute Gasteiger partial charge is 0.296 e. The predicted octanol–water partition coefficient (Wildman–Crippen LogP) is 4.21. The van der Waals surface area contributed by atoms with Gasteiger partial charge >= 0.3 is 0 Å². The number of nitrogens with zero attached hydrogens (tertiary/aromatic N) is 2. The monoisotopic (exact) mass is 448 g/mol. The first kappa shape index (κ1) is 21.8. The number of carbonyl (C=O) groups excluding carboxylic acids is 2. The molecule has 1 atom stereocenters. The first-order chi connectivity index (χ1) is 15.9. The molecule has 0 aliphatic carbocycles. The van der Waals surface area contributed by atoms with Gasteiger partial charge in [0, 0.05) is 17.7 Å². The number of rotatable bonds is 7. The van der Waals surface area contributed by atoms with Crippen LogP contribution in [0, 0.1) is 10.1 Å². The molecule has 168 valence electrons. The second kappa shape index (κ2) is 8.99. The Kier molecular flexibility index (Phi) is 5.95. The Hall–Kier alpha value is -4.40. The van der Waals surface area contributed by atoms with Crippen LogP contribution >= 0.6 is 0 Å². The van der Waals surface area contributed by atoms with Gasteiger partial charge in [-0.25, -0.2) is 0 Å². The van der Waals surface area contributed by atoms with Gasteiger partial charge in [-0.1, -0.05) is 12.1 Å². The number of furan rings is 1. The summed E-state index contributed by atoms with van der Waals surface area (Å²) in [5.41, 5.74) is 0.498. The lowest BCUT2D eigenvalue weighted by Crippen LogP contribution is -2.29. The Balaban J connectivity index is 1.85. The Morgan fingerprint density at radius 3 is 2.55 bits per heavy atom. The highest BCUT2D eigenvalue weighted by molar-refractivity contribution is 6.46. The van der Waals surface area contributed by atoms with Crippen molar-refractivity contribution in [1.29, 1.82) is 0 Å². The topological polar surface area (TPSA) is 123 Å². The SMILES string of the molecule is CCOc1cccc(C(O)=C2C(=O)C(=O)N(Cc3ccco3)C2c2ccc([N+](=O)[O-])cc2)c1. The van der Waals surface area contributed by atoms with Crippen LogP contribution in [-0.2, 0) is 16.1 Å². The van der Waals surface area contributed by atoms with E-state index in [4.69, 9.17) is 9.15 Å². The molecular weight excluding hydrogens is 428 g/mol. The fraction of sp³-hybridized carbons (Fsp3) is 0.167. The van der Waals surface area contributed by atoms with E-state index in [1.54, 1.807) is 36.4 Å². The normalized spacial score (nSPS) is 17.4. The van der Waals surface area contributed by atoms with Crippen molar-refractivity contribution >= 4 is 23.1 Å². The van der Waals surface area contributed by atoms with Crippen LogP contribution in [0.4, 0.5) is 5.69 Å². The Morgan fingerprint density at radius 1 is 1.15 bits per heavy atom. The van der Waals surface area contributed by atoms with Gasteiger partial charge in [0.2, 0.25) is 0 Å². The number of nitro benzene ring substituents is 1. The van der Waals surface area contributed by atoms with Crippen molar-refractivity contribution in [2.45, 2.75) is 19.5 Å². The first-order valence-electron chi connectivity index (χ1n) is 10.2. The van der Waals surface area contributed by atoms with E-state index >= 15 is 0 Å². The van der Waals surface area contributed by atoms with Crippen LogP contribution in [-0.4, -0.2) is 33.2 Å². The van der Waals surface area contributed by atoms with Gasteiger partial charge < -0.3 is 19.2 Å². The largest absolute Gasteiger partial charge is 0.507 e. The molecule has 33 heavy (non-hydrogen) atoms. The summed E-state index contributed by atoms with van der Waals surface area (Å²) in [6.45, 7) is 2.22. The number of benzene rings is 2. The Bertz CT molecular complexity index is 1230. The quantitative estimate of drug-likeness (QED) is 0.189. The highest BCUT2D eigenvalue weighted by Gasteiger charge is 2.46. The number of aliphatic hydroxyl groups excluding tert-OH is 1. The molecule has 1 amide bonds. The summed E-state index contributed by atoms with van der Waals surface area (Å²) in [7, 11) is 0. The number of non-ortho nitro benzene ring substituents is 1. The number of ether oxygens (including phenoxy) is 1. The van der Waals surface area contributed by atoms with Crippen LogP contribution < -0.4 is 4.74 Å². The van der Waals surface area contributed by atoms with E-state index in [-0.39, 0.29) is 23.6 Å². The lowest BCUT2D eigenvalue weighted by molar-refractivity contribution is -0.384. The molecule has 1 unspecified atom stereocenters. The molecule has 1 aliphatic heterocycles. The number of aliphatic hydroxyl groups is 1. The molecule has 2 aromatic carbocycles. The number of likely N-dealkylation sites (tertiary alicyclic amines) is 1. The predicted molar refractivity (Wildman–Crippen MR) is 117 cm³/mol. The van der Waals surface area contributed by atoms with Gasteiger partial charge in [0.1, 0.15) is 17.3 Å².